The van der Waals surface area contributed by atoms with Crippen molar-refractivity contribution in [3.63, 3.8) is 0 Å². The highest BCUT2D eigenvalue weighted by atomic mass is 15.2. The Balaban J connectivity index is 2.90. The molecule has 0 aliphatic heterocycles. The lowest BCUT2D eigenvalue weighted by molar-refractivity contribution is 0.165. The van der Waals surface area contributed by atoms with Crippen molar-refractivity contribution in [3.8, 4) is 6.07 Å². The van der Waals surface area contributed by atoms with Crippen molar-refractivity contribution < 1.29 is 0 Å². The molecule has 1 rings (SSSR count). The van der Waals surface area contributed by atoms with E-state index in [1.165, 1.54) is 5.56 Å². The summed E-state index contributed by atoms with van der Waals surface area (Å²) in [4.78, 5) is 2.35. The molecule has 0 aliphatic carbocycles. The summed E-state index contributed by atoms with van der Waals surface area (Å²) in [5, 5.41) is 9.00. The van der Waals surface area contributed by atoms with E-state index < -0.39 is 0 Å². The van der Waals surface area contributed by atoms with Crippen LogP contribution in [0.1, 0.15) is 44.7 Å². The molecule has 2 nitrogen and oxygen atoms in total. The quantitative estimate of drug-likeness (QED) is 0.744. The predicted octanol–water partition coefficient (Wildman–Crippen LogP) is 3.76. The molecule has 0 saturated carbocycles. The zero-order chi connectivity index (χ0) is 12.7. The maximum atomic E-state index is 9.00. The Hall–Kier alpha value is -1.33. The Labute approximate surface area is 105 Å². The van der Waals surface area contributed by atoms with Gasteiger partial charge in [0.25, 0.3) is 0 Å². The van der Waals surface area contributed by atoms with Crippen molar-refractivity contribution >= 4 is 0 Å². The minimum absolute atomic E-state index is 0.214. The van der Waals surface area contributed by atoms with Gasteiger partial charge >= 0.3 is 0 Å². The molecule has 0 spiro atoms. The van der Waals surface area contributed by atoms with Crippen LogP contribution >= 0.6 is 0 Å². The van der Waals surface area contributed by atoms with E-state index >= 15 is 0 Å². The van der Waals surface area contributed by atoms with Gasteiger partial charge in [0.1, 0.15) is 0 Å². The van der Waals surface area contributed by atoms with Gasteiger partial charge in [0.15, 0.2) is 0 Å². The average molecular weight is 230 g/mol. The van der Waals surface area contributed by atoms with Crippen LogP contribution in [0.4, 0.5) is 0 Å². The molecule has 1 atom stereocenters. The molecular weight excluding hydrogens is 208 g/mol. The molecule has 2 heteroatoms. The fourth-order valence-electron chi connectivity index (χ4n) is 2.38. The zero-order valence-electron chi connectivity index (χ0n) is 11.1. The van der Waals surface area contributed by atoms with Crippen LogP contribution < -0.4 is 0 Å². The molecule has 0 N–H and O–H groups in total. The molecule has 0 radical (unpaired) electrons. The average Bonchev–Trinajstić information content (AvgIpc) is 2.38. The molecule has 0 heterocycles. The highest BCUT2D eigenvalue weighted by Crippen LogP contribution is 2.26. The summed E-state index contributed by atoms with van der Waals surface area (Å²) in [6.07, 6.45) is 2.81. The molecule has 0 aliphatic rings. The number of hydrogen-bond donors (Lipinski definition) is 0. The topological polar surface area (TPSA) is 27.0 Å². The number of rotatable bonds is 6. The Morgan fingerprint density at radius 2 is 1.76 bits per heavy atom. The molecule has 1 aromatic rings. The SMILES string of the molecule is CCC(CC)N(C)C(CC#N)c1ccccc1. The first-order valence-electron chi connectivity index (χ1n) is 6.38. The summed E-state index contributed by atoms with van der Waals surface area (Å²) >= 11 is 0. The first kappa shape index (κ1) is 13.7. The van der Waals surface area contributed by atoms with Gasteiger partial charge in [-0.05, 0) is 25.5 Å². The van der Waals surface area contributed by atoms with Crippen molar-refractivity contribution in [1.29, 1.82) is 5.26 Å². The Morgan fingerprint density at radius 1 is 1.18 bits per heavy atom. The third-order valence-corrected chi connectivity index (χ3v) is 3.48. The van der Waals surface area contributed by atoms with Crippen molar-refractivity contribution in [2.24, 2.45) is 0 Å². The smallest absolute Gasteiger partial charge is 0.0641 e. The van der Waals surface area contributed by atoms with E-state index in [1.807, 2.05) is 18.2 Å². The molecule has 17 heavy (non-hydrogen) atoms. The van der Waals surface area contributed by atoms with Crippen LogP contribution in [0, 0.1) is 11.3 Å². The second kappa shape index (κ2) is 7.09. The van der Waals surface area contributed by atoms with Crippen molar-refractivity contribution in [3.05, 3.63) is 35.9 Å². The first-order valence-corrected chi connectivity index (χ1v) is 6.38. The minimum Gasteiger partial charge on any atom is -0.295 e. The van der Waals surface area contributed by atoms with Gasteiger partial charge in [-0.15, -0.1) is 0 Å². The lowest BCUT2D eigenvalue weighted by Gasteiger charge is -2.33. The monoisotopic (exact) mass is 230 g/mol. The van der Waals surface area contributed by atoms with Crippen molar-refractivity contribution in [2.45, 2.75) is 45.2 Å². The standard InChI is InChI=1S/C15H22N2/c1-4-14(5-2)17(3)15(11-12-16)13-9-7-6-8-10-13/h6-10,14-15H,4-5,11H2,1-3H3. The molecular formula is C15H22N2. The van der Waals surface area contributed by atoms with Crippen LogP contribution in [0.5, 0.6) is 0 Å². The third kappa shape index (κ3) is 3.57. The first-order chi connectivity index (χ1) is 8.24. The van der Waals surface area contributed by atoms with E-state index in [0.29, 0.717) is 12.5 Å². The van der Waals surface area contributed by atoms with Crippen LogP contribution in [0.3, 0.4) is 0 Å². The summed E-state index contributed by atoms with van der Waals surface area (Å²) in [5.41, 5.74) is 1.24. The van der Waals surface area contributed by atoms with Crippen molar-refractivity contribution in [1.82, 2.24) is 4.90 Å². The molecule has 1 aromatic carbocycles. The summed E-state index contributed by atoms with van der Waals surface area (Å²) in [7, 11) is 2.13. The molecule has 92 valence electrons. The molecule has 0 aromatic heterocycles. The highest BCUT2D eigenvalue weighted by molar-refractivity contribution is 5.20. The van der Waals surface area contributed by atoms with Gasteiger partial charge in [-0.1, -0.05) is 44.2 Å². The van der Waals surface area contributed by atoms with Crippen LogP contribution in [0.15, 0.2) is 30.3 Å². The van der Waals surface area contributed by atoms with E-state index in [1.54, 1.807) is 0 Å². The van der Waals surface area contributed by atoms with E-state index in [9.17, 15) is 0 Å². The van der Waals surface area contributed by atoms with Gasteiger partial charge in [0.2, 0.25) is 0 Å². The fraction of sp³-hybridized carbons (Fsp3) is 0.533. The number of benzene rings is 1. The van der Waals surface area contributed by atoms with Gasteiger partial charge in [0, 0.05) is 12.1 Å². The normalized spacial score (nSPS) is 12.7. The van der Waals surface area contributed by atoms with Crippen molar-refractivity contribution in [2.75, 3.05) is 7.05 Å². The van der Waals surface area contributed by atoms with E-state index in [4.69, 9.17) is 5.26 Å². The summed E-state index contributed by atoms with van der Waals surface area (Å²) in [6, 6.07) is 13.4. The van der Waals surface area contributed by atoms with E-state index in [0.717, 1.165) is 12.8 Å². The minimum atomic E-state index is 0.214. The molecule has 0 bridgehead atoms. The molecule has 0 amide bonds. The number of nitriles is 1. The van der Waals surface area contributed by atoms with Crippen LogP contribution in [-0.2, 0) is 0 Å². The summed E-state index contributed by atoms with van der Waals surface area (Å²) < 4.78 is 0. The maximum Gasteiger partial charge on any atom is 0.0641 e. The van der Waals surface area contributed by atoms with Gasteiger partial charge in [-0.25, -0.2) is 0 Å². The molecule has 0 saturated heterocycles. The largest absolute Gasteiger partial charge is 0.295 e. The van der Waals surface area contributed by atoms with Gasteiger partial charge in [0.05, 0.1) is 12.5 Å². The summed E-state index contributed by atoms with van der Waals surface area (Å²) in [5.74, 6) is 0. The Kier molecular flexibility index (Phi) is 5.72. The van der Waals surface area contributed by atoms with E-state index in [2.05, 4.69) is 44.0 Å². The number of nitrogens with zero attached hydrogens (tertiary/aromatic N) is 2. The maximum absolute atomic E-state index is 9.00. The second-order valence-electron chi connectivity index (χ2n) is 4.42. The number of hydrogen-bond acceptors (Lipinski definition) is 2. The Morgan fingerprint density at radius 3 is 2.24 bits per heavy atom. The van der Waals surface area contributed by atoms with E-state index in [-0.39, 0.29) is 6.04 Å². The Bertz CT molecular complexity index is 349. The zero-order valence-corrected chi connectivity index (χ0v) is 11.1. The third-order valence-electron chi connectivity index (χ3n) is 3.48. The lowest BCUT2D eigenvalue weighted by Crippen LogP contribution is -2.34. The predicted molar refractivity (Wildman–Crippen MR) is 71.5 cm³/mol. The summed E-state index contributed by atoms with van der Waals surface area (Å²) in [6.45, 7) is 4.41. The fourth-order valence-corrected chi connectivity index (χ4v) is 2.38. The van der Waals surface area contributed by atoms with Gasteiger partial charge in [-0.3, -0.25) is 4.90 Å². The second-order valence-corrected chi connectivity index (χ2v) is 4.42. The van der Waals surface area contributed by atoms with Gasteiger partial charge in [-0.2, -0.15) is 5.26 Å². The van der Waals surface area contributed by atoms with Crippen LogP contribution in [0.25, 0.3) is 0 Å². The lowest BCUT2D eigenvalue weighted by atomic mass is 9.99. The molecule has 0 fully saturated rings. The van der Waals surface area contributed by atoms with Gasteiger partial charge < -0.3 is 0 Å². The highest BCUT2D eigenvalue weighted by Gasteiger charge is 2.21. The van der Waals surface area contributed by atoms with Crippen LogP contribution in [0.2, 0.25) is 0 Å². The molecule has 1 unspecified atom stereocenters. The van der Waals surface area contributed by atoms with Crippen LogP contribution in [-0.4, -0.2) is 18.0 Å².